The SMILES string of the molecule is CN=C(NCCCOCC1CCCO1)NCCn1ccnc1.I. The maximum atomic E-state index is 5.63. The molecule has 7 nitrogen and oxygen atoms in total. The van der Waals surface area contributed by atoms with E-state index in [1.807, 2.05) is 17.1 Å². The van der Waals surface area contributed by atoms with E-state index in [9.17, 15) is 0 Å². The molecule has 1 fully saturated rings. The summed E-state index contributed by atoms with van der Waals surface area (Å²) in [5.74, 6) is 0.819. The number of nitrogens with one attached hydrogen (secondary N) is 2. The Morgan fingerprint density at radius 2 is 2.30 bits per heavy atom. The second-order valence-electron chi connectivity index (χ2n) is 5.29. The van der Waals surface area contributed by atoms with Gasteiger partial charge in [-0.15, -0.1) is 24.0 Å². The van der Waals surface area contributed by atoms with E-state index in [0.717, 1.165) is 64.7 Å². The fraction of sp³-hybridized carbons (Fsp3) is 0.733. The highest BCUT2D eigenvalue weighted by atomic mass is 127. The number of imidazole rings is 1. The van der Waals surface area contributed by atoms with E-state index in [4.69, 9.17) is 9.47 Å². The molecule has 1 unspecified atom stereocenters. The maximum absolute atomic E-state index is 5.63. The lowest BCUT2D eigenvalue weighted by Gasteiger charge is -2.13. The Hall–Kier alpha value is -0.870. The minimum atomic E-state index is 0. The van der Waals surface area contributed by atoms with E-state index in [1.54, 1.807) is 13.2 Å². The summed E-state index contributed by atoms with van der Waals surface area (Å²) in [6, 6.07) is 0. The van der Waals surface area contributed by atoms with Crippen molar-refractivity contribution in [3.63, 3.8) is 0 Å². The van der Waals surface area contributed by atoms with Gasteiger partial charge in [0.2, 0.25) is 0 Å². The van der Waals surface area contributed by atoms with E-state index in [0.29, 0.717) is 6.10 Å². The van der Waals surface area contributed by atoms with E-state index in [1.165, 1.54) is 0 Å². The summed E-state index contributed by atoms with van der Waals surface area (Å²) in [6.07, 6.45) is 9.10. The second-order valence-corrected chi connectivity index (χ2v) is 5.29. The summed E-state index contributed by atoms with van der Waals surface area (Å²) in [5.41, 5.74) is 0. The van der Waals surface area contributed by atoms with Crippen molar-refractivity contribution in [2.45, 2.75) is 31.9 Å². The smallest absolute Gasteiger partial charge is 0.191 e. The summed E-state index contributed by atoms with van der Waals surface area (Å²) in [4.78, 5) is 8.21. The average molecular weight is 437 g/mol. The molecule has 1 saturated heterocycles. The lowest BCUT2D eigenvalue weighted by atomic mass is 10.2. The molecule has 1 aliphatic rings. The van der Waals surface area contributed by atoms with Gasteiger partial charge in [0.05, 0.1) is 19.0 Å². The Labute approximate surface area is 155 Å². The molecule has 2 heterocycles. The highest BCUT2D eigenvalue weighted by molar-refractivity contribution is 14.0. The van der Waals surface area contributed by atoms with Crippen molar-refractivity contribution in [3.8, 4) is 0 Å². The Bertz CT molecular complexity index is 422. The average Bonchev–Trinajstić information content (AvgIpc) is 3.22. The highest BCUT2D eigenvalue weighted by Gasteiger charge is 2.14. The molecule has 0 spiro atoms. The maximum Gasteiger partial charge on any atom is 0.191 e. The molecule has 2 rings (SSSR count). The molecular formula is C15H28IN5O2. The van der Waals surface area contributed by atoms with Crippen molar-refractivity contribution < 1.29 is 9.47 Å². The lowest BCUT2D eigenvalue weighted by molar-refractivity contribution is 0.0168. The molecule has 1 atom stereocenters. The van der Waals surface area contributed by atoms with E-state index in [2.05, 4.69) is 20.6 Å². The Morgan fingerprint density at radius 3 is 3.00 bits per heavy atom. The second kappa shape index (κ2) is 12.5. The van der Waals surface area contributed by atoms with Crippen LogP contribution in [0.4, 0.5) is 0 Å². The van der Waals surface area contributed by atoms with Crippen LogP contribution in [0.15, 0.2) is 23.7 Å². The van der Waals surface area contributed by atoms with E-state index < -0.39 is 0 Å². The Balaban J connectivity index is 0.00000264. The predicted octanol–water partition coefficient (Wildman–Crippen LogP) is 1.25. The Morgan fingerprint density at radius 1 is 1.43 bits per heavy atom. The highest BCUT2D eigenvalue weighted by Crippen LogP contribution is 2.11. The number of ether oxygens (including phenoxy) is 2. The molecule has 1 aliphatic heterocycles. The fourth-order valence-electron chi connectivity index (χ4n) is 2.31. The molecule has 1 aromatic rings. The van der Waals surface area contributed by atoms with Gasteiger partial charge < -0.3 is 24.7 Å². The van der Waals surface area contributed by atoms with Crippen molar-refractivity contribution in [2.75, 3.05) is 40.0 Å². The van der Waals surface area contributed by atoms with Crippen molar-refractivity contribution in [3.05, 3.63) is 18.7 Å². The summed E-state index contributed by atoms with van der Waals surface area (Å²) in [5, 5.41) is 6.55. The minimum absolute atomic E-state index is 0. The third-order valence-electron chi connectivity index (χ3n) is 3.53. The summed E-state index contributed by atoms with van der Waals surface area (Å²) >= 11 is 0. The molecule has 0 aliphatic carbocycles. The number of aromatic nitrogens is 2. The summed E-state index contributed by atoms with van der Waals surface area (Å²) in [7, 11) is 1.78. The van der Waals surface area contributed by atoms with Gasteiger partial charge in [-0.3, -0.25) is 4.99 Å². The first-order valence-electron chi connectivity index (χ1n) is 7.98. The zero-order valence-electron chi connectivity index (χ0n) is 13.7. The van der Waals surface area contributed by atoms with Gasteiger partial charge in [0.1, 0.15) is 0 Å². The first-order valence-corrected chi connectivity index (χ1v) is 7.98. The number of guanidine groups is 1. The van der Waals surface area contributed by atoms with Crippen molar-refractivity contribution in [1.29, 1.82) is 0 Å². The Kier molecular flexibility index (Phi) is 11.0. The van der Waals surface area contributed by atoms with Crippen molar-refractivity contribution >= 4 is 29.9 Å². The molecular weight excluding hydrogens is 409 g/mol. The number of nitrogens with zero attached hydrogens (tertiary/aromatic N) is 3. The number of halogens is 1. The third kappa shape index (κ3) is 8.52. The molecule has 0 radical (unpaired) electrons. The van der Waals surface area contributed by atoms with Gasteiger partial charge >= 0.3 is 0 Å². The van der Waals surface area contributed by atoms with Gasteiger partial charge in [-0.1, -0.05) is 0 Å². The van der Waals surface area contributed by atoms with Gasteiger partial charge in [0, 0.05) is 52.3 Å². The van der Waals surface area contributed by atoms with Crippen LogP contribution < -0.4 is 10.6 Å². The molecule has 2 N–H and O–H groups in total. The van der Waals surface area contributed by atoms with Gasteiger partial charge in [0.25, 0.3) is 0 Å². The summed E-state index contributed by atoms with van der Waals surface area (Å²) in [6.45, 7) is 4.88. The molecule has 0 amide bonds. The van der Waals surface area contributed by atoms with Crippen molar-refractivity contribution in [1.82, 2.24) is 20.2 Å². The van der Waals surface area contributed by atoms with Crippen LogP contribution in [-0.4, -0.2) is 61.6 Å². The molecule has 132 valence electrons. The molecule has 1 aromatic heterocycles. The van der Waals surface area contributed by atoms with Gasteiger partial charge in [-0.05, 0) is 19.3 Å². The van der Waals surface area contributed by atoms with Crippen LogP contribution in [0.3, 0.4) is 0 Å². The largest absolute Gasteiger partial charge is 0.379 e. The normalized spacial score (nSPS) is 17.8. The van der Waals surface area contributed by atoms with E-state index in [-0.39, 0.29) is 24.0 Å². The van der Waals surface area contributed by atoms with Gasteiger partial charge in [-0.2, -0.15) is 0 Å². The number of hydrogen-bond acceptors (Lipinski definition) is 4. The van der Waals surface area contributed by atoms with Gasteiger partial charge in [0.15, 0.2) is 5.96 Å². The first-order chi connectivity index (χ1) is 10.9. The first kappa shape index (κ1) is 20.2. The number of hydrogen-bond donors (Lipinski definition) is 2. The predicted molar refractivity (Wildman–Crippen MR) is 101 cm³/mol. The fourth-order valence-corrected chi connectivity index (χ4v) is 2.31. The van der Waals surface area contributed by atoms with Crippen LogP contribution in [0.5, 0.6) is 0 Å². The molecule has 0 aromatic carbocycles. The molecule has 0 bridgehead atoms. The molecule has 23 heavy (non-hydrogen) atoms. The topological polar surface area (TPSA) is 72.7 Å². The molecule has 8 heteroatoms. The standard InChI is InChI=1S/C15H27N5O2.HI/c1-16-15(19-7-9-20-8-6-17-13-20)18-5-3-10-21-12-14-4-2-11-22-14;/h6,8,13-14H,2-5,7,9-12H2,1H3,(H2,16,18,19);1H. The van der Waals surface area contributed by atoms with Gasteiger partial charge in [-0.25, -0.2) is 4.98 Å². The van der Waals surface area contributed by atoms with Crippen LogP contribution in [-0.2, 0) is 16.0 Å². The third-order valence-corrected chi connectivity index (χ3v) is 3.53. The van der Waals surface area contributed by atoms with Crippen LogP contribution in [0.25, 0.3) is 0 Å². The number of aliphatic imine (C=N–C) groups is 1. The summed E-state index contributed by atoms with van der Waals surface area (Å²) < 4.78 is 13.2. The van der Waals surface area contributed by atoms with Crippen LogP contribution in [0, 0.1) is 0 Å². The molecule has 0 saturated carbocycles. The monoisotopic (exact) mass is 437 g/mol. The van der Waals surface area contributed by atoms with Crippen LogP contribution in [0.1, 0.15) is 19.3 Å². The van der Waals surface area contributed by atoms with Crippen LogP contribution >= 0.6 is 24.0 Å². The zero-order valence-corrected chi connectivity index (χ0v) is 16.1. The van der Waals surface area contributed by atoms with E-state index >= 15 is 0 Å². The minimum Gasteiger partial charge on any atom is -0.379 e. The number of rotatable bonds is 9. The zero-order chi connectivity index (χ0) is 15.5. The quantitative estimate of drug-likeness (QED) is 0.263. The van der Waals surface area contributed by atoms with Crippen LogP contribution in [0.2, 0.25) is 0 Å². The lowest BCUT2D eigenvalue weighted by Crippen LogP contribution is -2.39. The van der Waals surface area contributed by atoms with Crippen molar-refractivity contribution in [2.24, 2.45) is 4.99 Å².